The summed E-state index contributed by atoms with van der Waals surface area (Å²) in [5.41, 5.74) is 0. The van der Waals surface area contributed by atoms with Crippen LogP contribution in [0.2, 0.25) is 0 Å². The molecule has 0 spiro atoms. The van der Waals surface area contributed by atoms with Gasteiger partial charge in [-0.25, -0.2) is 0 Å². The van der Waals surface area contributed by atoms with Crippen molar-refractivity contribution in [3.8, 4) is 0 Å². The van der Waals surface area contributed by atoms with E-state index in [-0.39, 0.29) is 12.2 Å². The maximum absolute atomic E-state index is 5.84. The molecule has 1 aliphatic rings. The summed E-state index contributed by atoms with van der Waals surface area (Å²) < 4.78 is 17.1. The normalized spacial score (nSPS) is 26.4. The minimum absolute atomic E-state index is 0.215. The molecule has 0 amide bonds. The second-order valence-electron chi connectivity index (χ2n) is 5.09. The Balaban J connectivity index is 2.09. The topological polar surface area (TPSA) is 39.7 Å². The van der Waals surface area contributed by atoms with E-state index in [2.05, 4.69) is 19.2 Å². The molecule has 0 bridgehead atoms. The zero-order valence-corrected chi connectivity index (χ0v) is 12.8. The minimum Gasteiger partial charge on any atom is -0.379 e. The van der Waals surface area contributed by atoms with Gasteiger partial charge in [0.15, 0.2) is 0 Å². The van der Waals surface area contributed by atoms with Gasteiger partial charge in [-0.15, -0.1) is 0 Å². The van der Waals surface area contributed by atoms with Crippen LogP contribution in [0, 0.1) is 0 Å². The molecule has 0 aromatic carbocycles. The molecule has 0 saturated heterocycles. The molecule has 4 nitrogen and oxygen atoms in total. The third-order valence-corrected chi connectivity index (χ3v) is 3.47. The van der Waals surface area contributed by atoms with Gasteiger partial charge in [0.1, 0.15) is 0 Å². The van der Waals surface area contributed by atoms with Crippen LogP contribution in [0.4, 0.5) is 0 Å². The van der Waals surface area contributed by atoms with E-state index in [1.165, 1.54) is 6.42 Å². The second-order valence-corrected chi connectivity index (χ2v) is 5.09. The maximum Gasteiger partial charge on any atom is 0.0990 e. The van der Waals surface area contributed by atoms with Gasteiger partial charge in [-0.05, 0) is 32.7 Å². The van der Waals surface area contributed by atoms with Gasteiger partial charge in [-0.3, -0.25) is 0 Å². The van der Waals surface area contributed by atoms with Crippen LogP contribution in [0.15, 0.2) is 0 Å². The van der Waals surface area contributed by atoms with Crippen molar-refractivity contribution in [2.24, 2.45) is 0 Å². The molecule has 0 heterocycles. The third-order valence-electron chi connectivity index (χ3n) is 3.47. The van der Waals surface area contributed by atoms with Gasteiger partial charge in [0.25, 0.3) is 0 Å². The molecule has 0 radical (unpaired) electrons. The maximum atomic E-state index is 5.84. The van der Waals surface area contributed by atoms with Crippen molar-refractivity contribution >= 4 is 0 Å². The highest BCUT2D eigenvalue weighted by atomic mass is 16.6. The lowest BCUT2D eigenvalue weighted by Gasteiger charge is -2.44. The monoisotopic (exact) mass is 273 g/mol. The summed E-state index contributed by atoms with van der Waals surface area (Å²) in [6.45, 7) is 10.4. The van der Waals surface area contributed by atoms with Gasteiger partial charge in [0, 0.05) is 19.3 Å². The Morgan fingerprint density at radius 3 is 2.53 bits per heavy atom. The lowest BCUT2D eigenvalue weighted by Crippen LogP contribution is -2.60. The fourth-order valence-electron chi connectivity index (χ4n) is 2.30. The van der Waals surface area contributed by atoms with Crippen LogP contribution < -0.4 is 5.32 Å². The molecule has 0 aromatic rings. The molecule has 1 aliphatic carbocycles. The van der Waals surface area contributed by atoms with Crippen molar-refractivity contribution < 1.29 is 14.2 Å². The van der Waals surface area contributed by atoms with Crippen molar-refractivity contribution in [3.05, 3.63) is 0 Å². The highest BCUT2D eigenvalue weighted by Crippen LogP contribution is 2.27. The van der Waals surface area contributed by atoms with Crippen molar-refractivity contribution in [1.82, 2.24) is 5.32 Å². The van der Waals surface area contributed by atoms with Crippen molar-refractivity contribution in [2.75, 3.05) is 33.0 Å². The van der Waals surface area contributed by atoms with E-state index < -0.39 is 0 Å². The van der Waals surface area contributed by atoms with Gasteiger partial charge < -0.3 is 19.5 Å². The zero-order chi connectivity index (χ0) is 13.9. The third kappa shape index (κ3) is 6.21. The van der Waals surface area contributed by atoms with E-state index in [9.17, 15) is 0 Å². The molecule has 3 unspecified atom stereocenters. The number of rotatable bonds is 12. The molecule has 1 rings (SSSR count). The summed E-state index contributed by atoms with van der Waals surface area (Å²) in [4.78, 5) is 0. The lowest BCUT2D eigenvalue weighted by atomic mass is 9.85. The highest BCUT2D eigenvalue weighted by Gasteiger charge is 2.42. The van der Waals surface area contributed by atoms with Crippen LogP contribution in [0.1, 0.15) is 46.5 Å². The molecule has 114 valence electrons. The number of hydrogen-bond donors (Lipinski definition) is 1. The van der Waals surface area contributed by atoms with Crippen LogP contribution in [0.25, 0.3) is 0 Å². The second kappa shape index (κ2) is 10.6. The highest BCUT2D eigenvalue weighted by molar-refractivity contribution is 4.97. The van der Waals surface area contributed by atoms with E-state index in [1.807, 2.05) is 6.92 Å². The Labute approximate surface area is 118 Å². The van der Waals surface area contributed by atoms with Gasteiger partial charge in [-0.1, -0.05) is 20.3 Å². The summed E-state index contributed by atoms with van der Waals surface area (Å²) >= 11 is 0. The van der Waals surface area contributed by atoms with E-state index in [0.717, 1.165) is 39.0 Å². The number of ether oxygens (including phenoxy) is 3. The fourth-order valence-corrected chi connectivity index (χ4v) is 2.30. The van der Waals surface area contributed by atoms with E-state index in [4.69, 9.17) is 14.2 Å². The molecular formula is C15H31NO3. The molecule has 1 saturated carbocycles. The molecule has 19 heavy (non-hydrogen) atoms. The average molecular weight is 273 g/mol. The summed E-state index contributed by atoms with van der Waals surface area (Å²) in [6.07, 6.45) is 4.98. The zero-order valence-electron chi connectivity index (χ0n) is 12.8. The Kier molecular flexibility index (Phi) is 9.43. The van der Waals surface area contributed by atoms with Gasteiger partial charge in [0.2, 0.25) is 0 Å². The summed E-state index contributed by atoms with van der Waals surface area (Å²) in [7, 11) is 0. The number of nitrogens with one attached hydrogen (secondary N) is 1. The SMILES string of the molecule is CCCCOCCOC1CC(NCCC)C1OCC. The quantitative estimate of drug-likeness (QED) is 0.554. The molecule has 3 atom stereocenters. The van der Waals surface area contributed by atoms with Crippen molar-refractivity contribution in [2.45, 2.75) is 64.7 Å². The standard InChI is InChI=1S/C15H31NO3/c1-4-7-9-17-10-11-19-14-12-13(16-8-5-2)15(14)18-6-3/h13-16H,4-12H2,1-3H3. The van der Waals surface area contributed by atoms with Gasteiger partial charge in [-0.2, -0.15) is 0 Å². The molecule has 1 fully saturated rings. The Morgan fingerprint density at radius 1 is 1.00 bits per heavy atom. The van der Waals surface area contributed by atoms with Crippen LogP contribution in [-0.2, 0) is 14.2 Å². The first kappa shape index (κ1) is 16.9. The fraction of sp³-hybridized carbons (Fsp3) is 1.00. The van der Waals surface area contributed by atoms with E-state index in [0.29, 0.717) is 19.3 Å². The molecule has 1 N–H and O–H groups in total. The summed E-state index contributed by atoms with van der Waals surface area (Å²) in [5.74, 6) is 0. The van der Waals surface area contributed by atoms with Crippen LogP contribution in [0.3, 0.4) is 0 Å². The van der Waals surface area contributed by atoms with Gasteiger partial charge >= 0.3 is 0 Å². The molecule has 0 aromatic heterocycles. The van der Waals surface area contributed by atoms with Gasteiger partial charge in [0.05, 0.1) is 25.4 Å². The number of unbranched alkanes of at least 4 members (excludes halogenated alkanes) is 1. The van der Waals surface area contributed by atoms with Crippen LogP contribution in [0.5, 0.6) is 0 Å². The van der Waals surface area contributed by atoms with E-state index in [1.54, 1.807) is 0 Å². The summed E-state index contributed by atoms with van der Waals surface area (Å²) in [5, 5.41) is 3.52. The van der Waals surface area contributed by atoms with Crippen LogP contribution in [-0.4, -0.2) is 51.2 Å². The summed E-state index contributed by atoms with van der Waals surface area (Å²) in [6, 6.07) is 0.464. The van der Waals surface area contributed by atoms with E-state index >= 15 is 0 Å². The minimum atomic E-state index is 0.215. The van der Waals surface area contributed by atoms with Crippen LogP contribution >= 0.6 is 0 Å². The molecule has 4 heteroatoms. The first-order valence-corrected chi connectivity index (χ1v) is 7.87. The smallest absolute Gasteiger partial charge is 0.0990 e. The Hall–Kier alpha value is -0.160. The van der Waals surface area contributed by atoms with Crippen molar-refractivity contribution in [1.29, 1.82) is 0 Å². The predicted molar refractivity (Wildman–Crippen MR) is 77.6 cm³/mol. The lowest BCUT2D eigenvalue weighted by molar-refractivity contribution is -0.150. The Bertz CT molecular complexity index is 214. The first-order chi connectivity index (χ1) is 9.33. The Morgan fingerprint density at radius 2 is 1.84 bits per heavy atom. The molecular weight excluding hydrogens is 242 g/mol. The average Bonchev–Trinajstić information content (AvgIpc) is 2.41. The van der Waals surface area contributed by atoms with Crippen molar-refractivity contribution in [3.63, 3.8) is 0 Å². The predicted octanol–water partition coefficient (Wildman–Crippen LogP) is 2.37. The molecule has 0 aliphatic heterocycles. The first-order valence-electron chi connectivity index (χ1n) is 7.87. The largest absolute Gasteiger partial charge is 0.379 e. The number of hydrogen-bond acceptors (Lipinski definition) is 4.